The second-order valence-corrected chi connectivity index (χ2v) is 4.51. The van der Waals surface area contributed by atoms with Gasteiger partial charge in [0.15, 0.2) is 11.5 Å². The summed E-state index contributed by atoms with van der Waals surface area (Å²) < 4.78 is 5.40. The van der Waals surface area contributed by atoms with Crippen LogP contribution in [0.2, 0.25) is 0 Å². The predicted octanol–water partition coefficient (Wildman–Crippen LogP) is 2.16. The molecule has 0 aromatic carbocycles. The average Bonchev–Trinajstić information content (AvgIpc) is 2.26. The molecular formula is C11H14BrN3O2. The van der Waals surface area contributed by atoms with Crippen LogP contribution in [0.5, 0.6) is 0 Å². The van der Waals surface area contributed by atoms with Crippen LogP contribution >= 0.6 is 15.9 Å². The van der Waals surface area contributed by atoms with E-state index in [1.54, 1.807) is 24.2 Å². The van der Waals surface area contributed by atoms with Crippen molar-refractivity contribution in [1.29, 1.82) is 0 Å². The van der Waals surface area contributed by atoms with Crippen molar-refractivity contribution in [2.45, 2.75) is 6.92 Å². The molecule has 0 bridgehead atoms. The van der Waals surface area contributed by atoms with E-state index in [-0.39, 0.29) is 5.69 Å². The number of nitrogens with zero attached hydrogens (tertiary/aromatic N) is 3. The quantitative estimate of drug-likeness (QED) is 0.487. The Kier molecular flexibility index (Phi) is 4.62. The third-order valence-electron chi connectivity index (χ3n) is 1.94. The van der Waals surface area contributed by atoms with E-state index in [2.05, 4.69) is 30.6 Å². The monoisotopic (exact) mass is 299 g/mol. The van der Waals surface area contributed by atoms with Gasteiger partial charge in [0.25, 0.3) is 0 Å². The predicted molar refractivity (Wildman–Crippen MR) is 69.9 cm³/mol. The molecule has 0 saturated heterocycles. The minimum absolute atomic E-state index is 0.279. The number of esters is 1. The van der Waals surface area contributed by atoms with Gasteiger partial charge in [-0.05, 0) is 34.5 Å². The lowest BCUT2D eigenvalue weighted by atomic mass is 10.2. The van der Waals surface area contributed by atoms with Gasteiger partial charge in [0.2, 0.25) is 0 Å². The Hall–Kier alpha value is -1.43. The second kappa shape index (κ2) is 5.77. The first kappa shape index (κ1) is 13.6. The highest BCUT2D eigenvalue weighted by Gasteiger charge is 2.14. The van der Waals surface area contributed by atoms with Gasteiger partial charge in [-0.1, -0.05) is 0 Å². The van der Waals surface area contributed by atoms with E-state index < -0.39 is 5.97 Å². The Labute approximate surface area is 109 Å². The first-order valence-electron chi connectivity index (χ1n) is 4.91. The lowest BCUT2D eigenvalue weighted by Crippen LogP contribution is -2.09. The maximum atomic E-state index is 11.5. The molecule has 0 atom stereocenters. The Morgan fingerprint density at radius 3 is 2.76 bits per heavy atom. The fourth-order valence-electron chi connectivity index (χ4n) is 1.13. The highest BCUT2D eigenvalue weighted by atomic mass is 79.9. The molecule has 92 valence electrons. The molecule has 1 heterocycles. The normalized spacial score (nSPS) is 10.6. The topological polar surface area (TPSA) is 54.8 Å². The summed E-state index contributed by atoms with van der Waals surface area (Å²) in [5.41, 5.74) is 1.02. The summed E-state index contributed by atoms with van der Waals surface area (Å²) in [6.07, 6.45) is 1.61. The highest BCUT2D eigenvalue weighted by Crippen LogP contribution is 2.25. The lowest BCUT2D eigenvalue weighted by molar-refractivity contribution is 0.0593. The molecule has 0 aliphatic rings. The summed E-state index contributed by atoms with van der Waals surface area (Å²) in [6.45, 7) is 1.80. The van der Waals surface area contributed by atoms with Crippen molar-refractivity contribution in [1.82, 2.24) is 9.88 Å². The molecule has 6 heteroatoms. The van der Waals surface area contributed by atoms with Crippen LogP contribution in [0.3, 0.4) is 0 Å². The standard InChI is InChI=1S/C11H14BrN3O2/c1-7-5-8(12)10(13-6-15(2)3)14-9(7)11(16)17-4/h5-6H,1-4H3. The molecule has 0 spiro atoms. The first-order valence-corrected chi connectivity index (χ1v) is 5.71. The summed E-state index contributed by atoms with van der Waals surface area (Å²) in [4.78, 5) is 21.6. The summed E-state index contributed by atoms with van der Waals surface area (Å²) in [5, 5.41) is 0. The summed E-state index contributed by atoms with van der Waals surface area (Å²) >= 11 is 3.36. The van der Waals surface area contributed by atoms with Crippen LogP contribution in [-0.2, 0) is 4.74 Å². The number of ether oxygens (including phenoxy) is 1. The number of carbonyl (C=O) groups excluding carboxylic acids is 1. The zero-order valence-corrected chi connectivity index (χ0v) is 11.8. The van der Waals surface area contributed by atoms with E-state index >= 15 is 0 Å². The third-order valence-corrected chi connectivity index (χ3v) is 2.52. The maximum absolute atomic E-state index is 11.5. The number of carbonyl (C=O) groups is 1. The van der Waals surface area contributed by atoms with Crippen LogP contribution in [0.25, 0.3) is 0 Å². The molecule has 0 N–H and O–H groups in total. The van der Waals surface area contributed by atoms with E-state index in [1.165, 1.54) is 7.11 Å². The van der Waals surface area contributed by atoms with E-state index in [9.17, 15) is 4.79 Å². The SMILES string of the molecule is COC(=O)c1nc(N=CN(C)C)c(Br)cc1C. The number of aryl methyl sites for hydroxylation is 1. The summed E-state index contributed by atoms with van der Waals surface area (Å²) in [5.74, 6) is -0.0130. The zero-order chi connectivity index (χ0) is 13.0. The van der Waals surface area contributed by atoms with Crippen molar-refractivity contribution in [2.75, 3.05) is 21.2 Å². The zero-order valence-electron chi connectivity index (χ0n) is 10.2. The molecule has 0 aliphatic carbocycles. The van der Waals surface area contributed by atoms with Crippen molar-refractivity contribution in [3.05, 3.63) is 21.8 Å². The average molecular weight is 300 g/mol. The summed E-state index contributed by atoms with van der Waals surface area (Å²) in [7, 11) is 5.04. The van der Waals surface area contributed by atoms with Crippen LogP contribution < -0.4 is 0 Å². The van der Waals surface area contributed by atoms with Crippen molar-refractivity contribution < 1.29 is 9.53 Å². The van der Waals surface area contributed by atoms with Gasteiger partial charge < -0.3 is 9.64 Å². The molecule has 1 rings (SSSR count). The van der Waals surface area contributed by atoms with Crippen LogP contribution in [0.1, 0.15) is 16.1 Å². The van der Waals surface area contributed by atoms with Gasteiger partial charge in [-0.2, -0.15) is 0 Å². The van der Waals surface area contributed by atoms with Crippen LogP contribution in [0, 0.1) is 6.92 Å². The van der Waals surface area contributed by atoms with Crippen LogP contribution in [-0.4, -0.2) is 43.4 Å². The molecule has 0 amide bonds. The van der Waals surface area contributed by atoms with Crippen molar-refractivity contribution in [2.24, 2.45) is 4.99 Å². The van der Waals surface area contributed by atoms with Crippen LogP contribution in [0.4, 0.5) is 5.82 Å². The number of methoxy groups -OCH3 is 1. The summed E-state index contributed by atoms with van der Waals surface area (Å²) in [6, 6.07) is 1.79. The van der Waals surface area contributed by atoms with Gasteiger partial charge in [0, 0.05) is 14.1 Å². The van der Waals surface area contributed by atoms with Crippen molar-refractivity contribution in [3.8, 4) is 0 Å². The van der Waals surface area contributed by atoms with Gasteiger partial charge in [-0.15, -0.1) is 0 Å². The van der Waals surface area contributed by atoms with Crippen molar-refractivity contribution >= 4 is 34.1 Å². The number of halogens is 1. The lowest BCUT2D eigenvalue weighted by Gasteiger charge is -2.07. The van der Waals surface area contributed by atoms with Gasteiger partial charge in [-0.3, -0.25) is 0 Å². The Morgan fingerprint density at radius 1 is 1.59 bits per heavy atom. The molecule has 0 unspecified atom stereocenters. The maximum Gasteiger partial charge on any atom is 0.357 e. The minimum Gasteiger partial charge on any atom is -0.464 e. The number of aliphatic imine (C=N–C) groups is 1. The number of hydrogen-bond donors (Lipinski definition) is 0. The smallest absolute Gasteiger partial charge is 0.357 e. The van der Waals surface area contributed by atoms with Gasteiger partial charge in [0.1, 0.15) is 0 Å². The van der Waals surface area contributed by atoms with E-state index in [1.807, 2.05) is 14.1 Å². The molecule has 0 aliphatic heterocycles. The minimum atomic E-state index is -0.462. The fraction of sp³-hybridized carbons (Fsp3) is 0.364. The molecule has 0 radical (unpaired) electrons. The molecule has 5 nitrogen and oxygen atoms in total. The van der Waals surface area contributed by atoms with Gasteiger partial charge >= 0.3 is 5.97 Å². The molecule has 1 aromatic heterocycles. The fourth-order valence-corrected chi connectivity index (χ4v) is 1.67. The first-order chi connectivity index (χ1) is 7.95. The highest BCUT2D eigenvalue weighted by molar-refractivity contribution is 9.10. The molecule has 0 saturated carbocycles. The molecule has 0 fully saturated rings. The number of hydrogen-bond acceptors (Lipinski definition) is 4. The number of aromatic nitrogens is 1. The third kappa shape index (κ3) is 3.52. The number of rotatable bonds is 3. The van der Waals surface area contributed by atoms with Crippen LogP contribution in [0.15, 0.2) is 15.5 Å². The molecule has 1 aromatic rings. The van der Waals surface area contributed by atoms with Crippen molar-refractivity contribution in [3.63, 3.8) is 0 Å². The molecule has 17 heavy (non-hydrogen) atoms. The van der Waals surface area contributed by atoms with E-state index in [4.69, 9.17) is 0 Å². The van der Waals surface area contributed by atoms with E-state index in [0.29, 0.717) is 5.82 Å². The van der Waals surface area contributed by atoms with Gasteiger partial charge in [0.05, 0.1) is 17.9 Å². The Morgan fingerprint density at radius 2 is 2.24 bits per heavy atom. The van der Waals surface area contributed by atoms with Gasteiger partial charge in [-0.25, -0.2) is 14.8 Å². The largest absolute Gasteiger partial charge is 0.464 e. The number of pyridine rings is 1. The Bertz CT molecular complexity index is 458. The molecular weight excluding hydrogens is 286 g/mol. The van der Waals surface area contributed by atoms with E-state index in [0.717, 1.165) is 10.0 Å². The Balaban J connectivity index is 3.19. The second-order valence-electron chi connectivity index (χ2n) is 3.66.